The summed E-state index contributed by atoms with van der Waals surface area (Å²) in [7, 11) is 0. The second-order valence-electron chi connectivity index (χ2n) is 6.75. The second kappa shape index (κ2) is 7.44. The molecule has 0 bridgehead atoms. The number of hydrogen-bond acceptors (Lipinski definition) is 7. The lowest BCUT2D eigenvalue weighted by Gasteiger charge is -2.28. The molecule has 0 saturated carbocycles. The summed E-state index contributed by atoms with van der Waals surface area (Å²) >= 11 is 0. The Kier molecular flexibility index (Phi) is 4.50. The zero-order chi connectivity index (χ0) is 18.8. The molecular weight excluding hydrogens is 354 g/mol. The predicted molar refractivity (Wildman–Crippen MR) is 107 cm³/mol. The van der Waals surface area contributed by atoms with E-state index >= 15 is 0 Å². The summed E-state index contributed by atoms with van der Waals surface area (Å²) in [6, 6.07) is 14.0. The van der Waals surface area contributed by atoms with Crippen LogP contribution in [0.15, 0.2) is 54.9 Å². The molecule has 0 atom stereocenters. The van der Waals surface area contributed by atoms with Crippen molar-refractivity contribution >= 4 is 17.5 Å². The predicted octanol–water partition coefficient (Wildman–Crippen LogP) is 3.19. The first-order valence-corrected chi connectivity index (χ1v) is 9.52. The number of rotatable bonds is 4. The van der Waals surface area contributed by atoms with Gasteiger partial charge in [-0.25, -0.2) is 0 Å². The molecule has 5 rings (SSSR count). The van der Waals surface area contributed by atoms with Crippen LogP contribution in [0.2, 0.25) is 0 Å². The van der Waals surface area contributed by atoms with E-state index < -0.39 is 0 Å². The summed E-state index contributed by atoms with van der Waals surface area (Å²) in [6.07, 6.45) is 4.28. The van der Waals surface area contributed by atoms with Crippen molar-refractivity contribution in [1.29, 1.82) is 0 Å². The fourth-order valence-corrected chi connectivity index (χ4v) is 3.58. The van der Waals surface area contributed by atoms with Gasteiger partial charge in [0.1, 0.15) is 11.6 Å². The van der Waals surface area contributed by atoms with Crippen molar-refractivity contribution < 1.29 is 9.47 Å². The Bertz CT molecular complexity index is 946. The molecule has 0 amide bonds. The molecule has 0 radical (unpaired) electrons. The van der Waals surface area contributed by atoms with E-state index in [2.05, 4.69) is 26.9 Å². The Balaban J connectivity index is 1.57. The molecule has 7 heteroatoms. The van der Waals surface area contributed by atoms with Gasteiger partial charge in [0.05, 0.1) is 18.8 Å². The number of pyridine rings is 1. The average Bonchev–Trinajstić information content (AvgIpc) is 3.20. The SMILES string of the molecule is c1ccc(N2CCc3c(Oc4ccncc4)nc(N4CCOCC4)nc32)cc1. The maximum absolute atomic E-state index is 6.16. The van der Waals surface area contributed by atoms with Crippen LogP contribution >= 0.6 is 0 Å². The first-order valence-electron chi connectivity index (χ1n) is 9.52. The normalized spacial score (nSPS) is 16.1. The zero-order valence-electron chi connectivity index (χ0n) is 15.5. The highest BCUT2D eigenvalue weighted by Gasteiger charge is 2.29. The van der Waals surface area contributed by atoms with Gasteiger partial charge in [-0.2, -0.15) is 9.97 Å². The minimum Gasteiger partial charge on any atom is -0.438 e. The summed E-state index contributed by atoms with van der Waals surface area (Å²) < 4.78 is 11.6. The molecule has 2 aliphatic rings. The van der Waals surface area contributed by atoms with Crippen LogP contribution in [-0.2, 0) is 11.2 Å². The van der Waals surface area contributed by atoms with Crippen LogP contribution < -0.4 is 14.5 Å². The second-order valence-corrected chi connectivity index (χ2v) is 6.75. The van der Waals surface area contributed by atoms with Gasteiger partial charge >= 0.3 is 0 Å². The Morgan fingerprint density at radius 2 is 1.68 bits per heavy atom. The van der Waals surface area contributed by atoms with Crippen LogP contribution in [0.3, 0.4) is 0 Å². The van der Waals surface area contributed by atoms with Crippen molar-refractivity contribution in [2.75, 3.05) is 42.6 Å². The van der Waals surface area contributed by atoms with Crippen LogP contribution in [0.1, 0.15) is 5.56 Å². The van der Waals surface area contributed by atoms with Crippen molar-refractivity contribution in [2.24, 2.45) is 0 Å². The van der Waals surface area contributed by atoms with Gasteiger partial charge in [0.2, 0.25) is 11.8 Å². The largest absolute Gasteiger partial charge is 0.438 e. The van der Waals surface area contributed by atoms with E-state index in [-0.39, 0.29) is 0 Å². The van der Waals surface area contributed by atoms with Crippen LogP contribution in [0.5, 0.6) is 11.6 Å². The molecule has 4 heterocycles. The van der Waals surface area contributed by atoms with E-state index in [4.69, 9.17) is 19.4 Å². The Morgan fingerprint density at radius 1 is 0.893 bits per heavy atom. The minimum atomic E-state index is 0.621. The molecule has 2 aliphatic heterocycles. The number of benzene rings is 1. The molecule has 142 valence electrons. The fourth-order valence-electron chi connectivity index (χ4n) is 3.58. The molecule has 28 heavy (non-hydrogen) atoms. The third-order valence-electron chi connectivity index (χ3n) is 5.00. The van der Waals surface area contributed by atoms with E-state index in [9.17, 15) is 0 Å². The monoisotopic (exact) mass is 375 g/mol. The molecule has 1 aromatic carbocycles. The van der Waals surface area contributed by atoms with Crippen molar-refractivity contribution in [2.45, 2.75) is 6.42 Å². The first kappa shape index (κ1) is 16.9. The lowest BCUT2D eigenvalue weighted by atomic mass is 10.2. The summed E-state index contributed by atoms with van der Waals surface area (Å²) in [5, 5.41) is 0. The highest BCUT2D eigenvalue weighted by molar-refractivity contribution is 5.69. The number of nitrogens with zero attached hydrogens (tertiary/aromatic N) is 5. The molecule has 0 N–H and O–H groups in total. The summed E-state index contributed by atoms with van der Waals surface area (Å²) in [5.74, 6) is 2.96. The van der Waals surface area contributed by atoms with Gasteiger partial charge in [0.15, 0.2) is 0 Å². The summed E-state index contributed by atoms with van der Waals surface area (Å²) in [4.78, 5) is 18.2. The van der Waals surface area contributed by atoms with Gasteiger partial charge in [-0.3, -0.25) is 4.98 Å². The average molecular weight is 375 g/mol. The number of para-hydroxylation sites is 1. The number of anilines is 3. The maximum atomic E-state index is 6.16. The minimum absolute atomic E-state index is 0.621. The highest BCUT2D eigenvalue weighted by atomic mass is 16.5. The molecular formula is C21H21N5O2. The maximum Gasteiger partial charge on any atom is 0.230 e. The van der Waals surface area contributed by atoms with E-state index in [1.54, 1.807) is 12.4 Å². The van der Waals surface area contributed by atoms with Gasteiger partial charge in [-0.15, -0.1) is 0 Å². The summed E-state index contributed by atoms with van der Waals surface area (Å²) in [5.41, 5.74) is 2.17. The van der Waals surface area contributed by atoms with Gasteiger partial charge in [0, 0.05) is 37.7 Å². The third-order valence-corrected chi connectivity index (χ3v) is 5.00. The molecule has 2 aromatic heterocycles. The van der Waals surface area contributed by atoms with Crippen LogP contribution in [-0.4, -0.2) is 47.8 Å². The van der Waals surface area contributed by atoms with E-state index in [1.165, 1.54) is 0 Å². The van der Waals surface area contributed by atoms with E-state index in [1.807, 2.05) is 30.3 Å². The van der Waals surface area contributed by atoms with Gasteiger partial charge in [-0.05, 0) is 30.7 Å². The van der Waals surface area contributed by atoms with Crippen LogP contribution in [0.25, 0.3) is 0 Å². The Labute approximate surface area is 163 Å². The molecule has 1 fully saturated rings. The number of ether oxygens (including phenoxy) is 2. The Morgan fingerprint density at radius 3 is 2.46 bits per heavy atom. The Hall–Kier alpha value is -3.19. The molecule has 0 spiro atoms. The zero-order valence-corrected chi connectivity index (χ0v) is 15.5. The van der Waals surface area contributed by atoms with E-state index in [0.717, 1.165) is 48.9 Å². The lowest BCUT2D eigenvalue weighted by Crippen LogP contribution is -2.37. The van der Waals surface area contributed by atoms with Crippen LogP contribution in [0.4, 0.5) is 17.5 Å². The number of hydrogen-bond donors (Lipinski definition) is 0. The number of fused-ring (bicyclic) bond motifs is 1. The van der Waals surface area contributed by atoms with Crippen LogP contribution in [0, 0.1) is 0 Å². The van der Waals surface area contributed by atoms with Gasteiger partial charge in [0.25, 0.3) is 0 Å². The molecule has 0 aliphatic carbocycles. The molecule has 3 aromatic rings. The van der Waals surface area contributed by atoms with Crippen molar-refractivity contribution in [1.82, 2.24) is 15.0 Å². The molecule has 1 saturated heterocycles. The van der Waals surface area contributed by atoms with Crippen molar-refractivity contribution in [3.05, 3.63) is 60.4 Å². The fraction of sp³-hybridized carbons (Fsp3) is 0.286. The quantitative estimate of drug-likeness (QED) is 0.694. The molecule has 0 unspecified atom stereocenters. The highest BCUT2D eigenvalue weighted by Crippen LogP contribution is 2.39. The summed E-state index contributed by atoms with van der Waals surface area (Å²) in [6.45, 7) is 3.78. The topological polar surface area (TPSA) is 63.6 Å². The first-order chi connectivity index (χ1) is 13.9. The van der Waals surface area contributed by atoms with Gasteiger partial charge < -0.3 is 19.3 Å². The number of aromatic nitrogens is 3. The number of morpholine rings is 1. The lowest BCUT2D eigenvalue weighted by molar-refractivity contribution is 0.122. The van der Waals surface area contributed by atoms with Crippen molar-refractivity contribution in [3.8, 4) is 11.6 Å². The van der Waals surface area contributed by atoms with Gasteiger partial charge in [-0.1, -0.05) is 18.2 Å². The van der Waals surface area contributed by atoms with E-state index in [0.29, 0.717) is 25.0 Å². The smallest absolute Gasteiger partial charge is 0.230 e. The standard InChI is InChI=1S/C21H21N5O2/c1-2-4-16(5-3-1)26-11-8-18-19(26)23-21(25-12-14-27-15-13-25)24-20(18)28-17-6-9-22-10-7-17/h1-7,9-10H,8,11-15H2. The third kappa shape index (κ3) is 3.25. The van der Waals surface area contributed by atoms with Crippen molar-refractivity contribution in [3.63, 3.8) is 0 Å². The molecule has 7 nitrogen and oxygen atoms in total.